The smallest absolute Gasteiger partial charge is 0.260 e. The van der Waals surface area contributed by atoms with Gasteiger partial charge in [0.05, 0.1) is 12.2 Å². The Morgan fingerprint density at radius 2 is 1.84 bits per heavy atom. The Labute approximate surface area is 150 Å². The van der Waals surface area contributed by atoms with E-state index in [-0.39, 0.29) is 24.8 Å². The Morgan fingerprint density at radius 3 is 2.56 bits per heavy atom. The highest BCUT2D eigenvalue weighted by Gasteiger charge is 2.15. The van der Waals surface area contributed by atoms with Gasteiger partial charge in [0.25, 0.3) is 5.91 Å². The maximum atomic E-state index is 13.4. The van der Waals surface area contributed by atoms with E-state index >= 15 is 0 Å². The van der Waals surface area contributed by atoms with Crippen LogP contribution in [0.1, 0.15) is 0 Å². The van der Waals surface area contributed by atoms with Crippen LogP contribution < -0.4 is 10.1 Å². The Kier molecular flexibility index (Phi) is 6.82. The molecule has 0 spiro atoms. The maximum absolute atomic E-state index is 13.4. The topological polar surface area (TPSA) is 58.6 Å². The average molecular weight is 362 g/mol. The monoisotopic (exact) mass is 362 g/mol. The third-order valence-corrected chi connectivity index (χ3v) is 4.17. The number of rotatable bonds is 7. The largest absolute Gasteiger partial charge is 0.481 e. The van der Waals surface area contributed by atoms with Crippen LogP contribution >= 0.6 is 11.8 Å². The van der Waals surface area contributed by atoms with E-state index in [0.29, 0.717) is 5.69 Å². The number of hydrogen-bond donors (Lipinski definition) is 1. The number of benzene rings is 2. The van der Waals surface area contributed by atoms with Gasteiger partial charge < -0.3 is 15.0 Å². The molecular formula is C18H19FN2O3S. The molecule has 0 aromatic heterocycles. The SMILES string of the molecule is CSc1ccccc1NC(=O)CN(C)C(=O)COc1ccccc1F. The van der Waals surface area contributed by atoms with Gasteiger partial charge in [0.1, 0.15) is 0 Å². The first-order valence-electron chi connectivity index (χ1n) is 7.55. The molecule has 132 valence electrons. The first kappa shape index (κ1) is 18.8. The third kappa shape index (κ3) is 5.49. The summed E-state index contributed by atoms with van der Waals surface area (Å²) in [4.78, 5) is 26.3. The third-order valence-electron chi connectivity index (χ3n) is 3.38. The molecule has 0 heterocycles. The van der Waals surface area contributed by atoms with Gasteiger partial charge >= 0.3 is 0 Å². The van der Waals surface area contributed by atoms with Crippen LogP contribution in [0.15, 0.2) is 53.4 Å². The van der Waals surface area contributed by atoms with Gasteiger partial charge in [0.2, 0.25) is 5.91 Å². The highest BCUT2D eigenvalue weighted by Crippen LogP contribution is 2.24. The van der Waals surface area contributed by atoms with E-state index in [2.05, 4.69) is 5.32 Å². The summed E-state index contributed by atoms with van der Waals surface area (Å²) in [6.45, 7) is -0.464. The summed E-state index contributed by atoms with van der Waals surface area (Å²) in [7, 11) is 1.49. The van der Waals surface area contributed by atoms with Crippen molar-refractivity contribution in [1.29, 1.82) is 0 Å². The molecule has 0 aliphatic rings. The first-order chi connectivity index (χ1) is 12.0. The van der Waals surface area contributed by atoms with Crippen LogP contribution in [-0.2, 0) is 9.59 Å². The molecule has 7 heteroatoms. The average Bonchev–Trinajstić information content (AvgIpc) is 2.61. The Morgan fingerprint density at radius 1 is 1.16 bits per heavy atom. The standard InChI is InChI=1S/C18H19FN2O3S/c1-21(18(23)12-24-15-9-5-3-7-13(15)19)11-17(22)20-14-8-4-6-10-16(14)25-2/h3-10H,11-12H2,1-2H3,(H,20,22). The lowest BCUT2D eigenvalue weighted by Gasteiger charge is -2.18. The van der Waals surface area contributed by atoms with Crippen molar-refractivity contribution in [3.63, 3.8) is 0 Å². The summed E-state index contributed by atoms with van der Waals surface area (Å²) < 4.78 is 18.6. The number of likely N-dealkylation sites (N-methyl/N-ethyl adjacent to an activating group) is 1. The Hall–Kier alpha value is -2.54. The molecule has 2 rings (SSSR count). The molecule has 2 aromatic rings. The fourth-order valence-electron chi connectivity index (χ4n) is 2.05. The van der Waals surface area contributed by atoms with Gasteiger partial charge in [0.15, 0.2) is 18.2 Å². The number of para-hydroxylation sites is 2. The minimum Gasteiger partial charge on any atom is -0.481 e. The molecule has 0 aliphatic heterocycles. The number of hydrogen-bond acceptors (Lipinski definition) is 4. The number of amides is 2. The number of carbonyl (C=O) groups is 2. The molecule has 0 bridgehead atoms. The van der Waals surface area contributed by atoms with E-state index in [4.69, 9.17) is 4.74 Å². The van der Waals surface area contributed by atoms with Gasteiger partial charge in [-0.15, -0.1) is 11.8 Å². The molecule has 0 unspecified atom stereocenters. The van der Waals surface area contributed by atoms with E-state index in [1.165, 1.54) is 41.9 Å². The molecule has 0 saturated heterocycles. The second-order valence-corrected chi connectivity index (χ2v) is 6.07. The molecule has 0 radical (unpaired) electrons. The van der Waals surface area contributed by atoms with Crippen LogP contribution in [0.3, 0.4) is 0 Å². The lowest BCUT2D eigenvalue weighted by Crippen LogP contribution is -2.37. The molecule has 0 aliphatic carbocycles. The second kappa shape index (κ2) is 9.08. The van der Waals surface area contributed by atoms with Gasteiger partial charge in [-0.3, -0.25) is 9.59 Å². The summed E-state index contributed by atoms with van der Waals surface area (Å²) >= 11 is 1.52. The van der Waals surface area contributed by atoms with Crippen molar-refractivity contribution in [3.8, 4) is 5.75 Å². The quantitative estimate of drug-likeness (QED) is 0.769. The number of nitrogens with one attached hydrogen (secondary N) is 1. The van der Waals surface area contributed by atoms with E-state index in [1.54, 1.807) is 12.1 Å². The predicted octanol–water partition coefficient (Wildman–Crippen LogP) is 3.02. The molecule has 2 amide bonds. The molecule has 5 nitrogen and oxygen atoms in total. The summed E-state index contributed by atoms with van der Waals surface area (Å²) in [5.74, 6) is -1.27. The Balaban J connectivity index is 1.86. The zero-order valence-electron chi connectivity index (χ0n) is 14.0. The van der Waals surface area contributed by atoms with Crippen molar-refractivity contribution in [1.82, 2.24) is 4.90 Å². The zero-order chi connectivity index (χ0) is 18.2. The van der Waals surface area contributed by atoms with E-state index in [1.807, 2.05) is 24.5 Å². The van der Waals surface area contributed by atoms with E-state index in [9.17, 15) is 14.0 Å². The molecule has 2 aromatic carbocycles. The fraction of sp³-hybridized carbons (Fsp3) is 0.222. The van der Waals surface area contributed by atoms with Gasteiger partial charge in [-0.05, 0) is 30.5 Å². The minimum atomic E-state index is -0.538. The minimum absolute atomic E-state index is 0.00241. The predicted molar refractivity (Wildman–Crippen MR) is 96.4 cm³/mol. The van der Waals surface area contributed by atoms with E-state index in [0.717, 1.165) is 4.90 Å². The van der Waals surface area contributed by atoms with Gasteiger partial charge in [-0.25, -0.2) is 4.39 Å². The fourth-order valence-corrected chi connectivity index (χ4v) is 2.61. The van der Waals surface area contributed by atoms with Crippen molar-refractivity contribution in [2.24, 2.45) is 0 Å². The molecule has 0 atom stereocenters. The van der Waals surface area contributed by atoms with Crippen molar-refractivity contribution in [2.45, 2.75) is 4.90 Å². The zero-order valence-corrected chi connectivity index (χ0v) is 14.8. The number of halogens is 1. The molecule has 0 saturated carbocycles. The van der Waals surface area contributed by atoms with E-state index < -0.39 is 11.7 Å². The normalized spacial score (nSPS) is 10.2. The van der Waals surface area contributed by atoms with Crippen LogP contribution in [-0.4, -0.2) is 43.2 Å². The summed E-state index contributed by atoms with van der Waals surface area (Å²) in [5, 5.41) is 2.78. The molecule has 1 N–H and O–H groups in total. The molecule has 25 heavy (non-hydrogen) atoms. The van der Waals surface area contributed by atoms with Crippen molar-refractivity contribution in [2.75, 3.05) is 31.8 Å². The lowest BCUT2D eigenvalue weighted by atomic mass is 10.3. The Bertz CT molecular complexity index is 755. The van der Waals surface area contributed by atoms with Crippen LogP contribution in [0, 0.1) is 5.82 Å². The first-order valence-corrected chi connectivity index (χ1v) is 8.78. The maximum Gasteiger partial charge on any atom is 0.260 e. The highest BCUT2D eigenvalue weighted by atomic mass is 32.2. The van der Waals surface area contributed by atoms with Gasteiger partial charge in [-0.2, -0.15) is 0 Å². The number of anilines is 1. The number of carbonyl (C=O) groups excluding carboxylic acids is 2. The summed E-state index contributed by atoms with van der Waals surface area (Å²) in [6.07, 6.45) is 1.92. The van der Waals surface area contributed by atoms with Crippen LogP contribution in [0.25, 0.3) is 0 Å². The van der Waals surface area contributed by atoms with Crippen molar-refractivity contribution < 1.29 is 18.7 Å². The van der Waals surface area contributed by atoms with Gasteiger partial charge in [0, 0.05) is 11.9 Å². The van der Waals surface area contributed by atoms with Crippen LogP contribution in [0.2, 0.25) is 0 Å². The summed E-state index contributed by atoms with van der Waals surface area (Å²) in [5.41, 5.74) is 0.698. The van der Waals surface area contributed by atoms with Gasteiger partial charge in [-0.1, -0.05) is 24.3 Å². The van der Waals surface area contributed by atoms with Crippen LogP contribution in [0.5, 0.6) is 5.75 Å². The lowest BCUT2D eigenvalue weighted by molar-refractivity contribution is -0.135. The molecular weight excluding hydrogens is 343 g/mol. The number of thioether (sulfide) groups is 1. The molecule has 0 fully saturated rings. The highest BCUT2D eigenvalue weighted by molar-refractivity contribution is 7.98. The van der Waals surface area contributed by atoms with Crippen LogP contribution in [0.4, 0.5) is 10.1 Å². The second-order valence-electron chi connectivity index (χ2n) is 5.22. The van der Waals surface area contributed by atoms with Crippen molar-refractivity contribution in [3.05, 3.63) is 54.3 Å². The number of ether oxygens (including phenoxy) is 1. The van der Waals surface area contributed by atoms with Crippen molar-refractivity contribution >= 4 is 29.3 Å². The number of nitrogens with zero attached hydrogens (tertiary/aromatic N) is 1. The summed E-state index contributed by atoms with van der Waals surface area (Å²) in [6, 6.07) is 13.2.